The van der Waals surface area contributed by atoms with Gasteiger partial charge in [-0.2, -0.15) is 0 Å². The highest BCUT2D eigenvalue weighted by Crippen LogP contribution is 2.14. The Morgan fingerprint density at radius 2 is 1.59 bits per heavy atom. The van der Waals surface area contributed by atoms with Crippen LogP contribution < -0.4 is 0 Å². The van der Waals surface area contributed by atoms with Gasteiger partial charge in [-0.05, 0) is 38.5 Å². The van der Waals surface area contributed by atoms with E-state index >= 15 is 0 Å². The molecule has 0 aromatic rings. The fourth-order valence-electron chi connectivity index (χ4n) is 2.28. The highest BCUT2D eigenvalue weighted by Gasteiger charge is 2.17. The molecule has 22 heavy (non-hydrogen) atoms. The molecule has 2 heterocycles. The molecule has 7 heteroatoms. The van der Waals surface area contributed by atoms with Crippen molar-refractivity contribution in [3.05, 3.63) is 0 Å². The number of carbonyl (C=O) groups is 2. The van der Waals surface area contributed by atoms with Crippen molar-refractivity contribution in [2.75, 3.05) is 33.0 Å². The van der Waals surface area contributed by atoms with E-state index in [1.54, 1.807) is 6.92 Å². The molecule has 0 N–H and O–H groups in total. The van der Waals surface area contributed by atoms with Gasteiger partial charge in [0.25, 0.3) is 12.9 Å². The van der Waals surface area contributed by atoms with E-state index in [1.165, 1.54) is 0 Å². The zero-order valence-corrected chi connectivity index (χ0v) is 13.1. The van der Waals surface area contributed by atoms with Gasteiger partial charge in [0.15, 0.2) is 6.29 Å². The van der Waals surface area contributed by atoms with Gasteiger partial charge in [-0.3, -0.25) is 9.59 Å². The Labute approximate surface area is 131 Å². The van der Waals surface area contributed by atoms with Crippen LogP contribution in [0.2, 0.25) is 0 Å². The minimum Gasteiger partial charge on any atom is -0.468 e. The Morgan fingerprint density at radius 1 is 1.00 bits per heavy atom. The van der Waals surface area contributed by atoms with Crippen LogP contribution in [0.3, 0.4) is 0 Å². The van der Waals surface area contributed by atoms with Crippen LogP contribution in [0, 0.1) is 5.92 Å². The van der Waals surface area contributed by atoms with Crippen LogP contribution >= 0.6 is 0 Å². The summed E-state index contributed by atoms with van der Waals surface area (Å²) in [4.78, 5) is 19.7. The van der Waals surface area contributed by atoms with Gasteiger partial charge in [0, 0.05) is 26.4 Å². The van der Waals surface area contributed by atoms with Crippen LogP contribution in [0.15, 0.2) is 0 Å². The van der Waals surface area contributed by atoms with Crippen molar-refractivity contribution in [2.45, 2.75) is 45.0 Å². The molecule has 7 nitrogen and oxygen atoms in total. The van der Waals surface area contributed by atoms with Crippen molar-refractivity contribution < 1.29 is 33.3 Å². The number of hydrogen-bond donors (Lipinski definition) is 0. The summed E-state index contributed by atoms with van der Waals surface area (Å²) in [5, 5.41) is 0. The Hall–Kier alpha value is -1.18. The molecule has 0 bridgehead atoms. The second kappa shape index (κ2) is 12.4. The van der Waals surface area contributed by atoms with Gasteiger partial charge in [0.1, 0.15) is 0 Å². The van der Waals surface area contributed by atoms with Gasteiger partial charge in [0.2, 0.25) is 0 Å². The monoisotopic (exact) mass is 318 g/mol. The second-order valence-electron chi connectivity index (χ2n) is 5.23. The van der Waals surface area contributed by atoms with Crippen molar-refractivity contribution in [3.63, 3.8) is 0 Å². The molecule has 2 saturated heterocycles. The molecular weight excluding hydrogens is 292 g/mol. The van der Waals surface area contributed by atoms with E-state index in [9.17, 15) is 9.59 Å². The van der Waals surface area contributed by atoms with Crippen molar-refractivity contribution in [2.24, 2.45) is 5.92 Å². The van der Waals surface area contributed by atoms with Gasteiger partial charge >= 0.3 is 0 Å². The molecule has 0 spiro atoms. The lowest BCUT2D eigenvalue weighted by molar-refractivity contribution is -0.179. The molecular formula is C15H26O7. The first-order valence-electron chi connectivity index (χ1n) is 7.71. The number of ether oxygens (including phenoxy) is 5. The summed E-state index contributed by atoms with van der Waals surface area (Å²) < 4.78 is 24.9. The van der Waals surface area contributed by atoms with E-state index in [4.69, 9.17) is 14.2 Å². The van der Waals surface area contributed by atoms with E-state index in [0.717, 1.165) is 52.1 Å². The lowest BCUT2D eigenvalue weighted by Gasteiger charge is -2.24. The molecule has 0 aromatic heterocycles. The summed E-state index contributed by atoms with van der Waals surface area (Å²) in [6.45, 7) is 6.28. The SMILES string of the molecule is CC(OC=O)OC1CCOCC1.O=COCC1CCOCC1. The zero-order chi connectivity index (χ0) is 16.0. The largest absolute Gasteiger partial charge is 0.468 e. The molecule has 0 aromatic carbocycles. The van der Waals surface area contributed by atoms with Crippen molar-refractivity contribution in [1.29, 1.82) is 0 Å². The molecule has 1 atom stereocenters. The first-order chi connectivity index (χ1) is 10.8. The van der Waals surface area contributed by atoms with Gasteiger partial charge in [-0.15, -0.1) is 0 Å². The first kappa shape index (κ1) is 18.9. The van der Waals surface area contributed by atoms with Crippen molar-refractivity contribution in [1.82, 2.24) is 0 Å². The molecule has 2 fully saturated rings. The van der Waals surface area contributed by atoms with Gasteiger partial charge in [-0.25, -0.2) is 0 Å². The number of hydrogen-bond acceptors (Lipinski definition) is 7. The quantitative estimate of drug-likeness (QED) is 0.517. The summed E-state index contributed by atoms with van der Waals surface area (Å²) in [6, 6.07) is 0. The molecule has 2 aliphatic heterocycles. The normalized spacial score (nSPS) is 21.1. The van der Waals surface area contributed by atoms with Crippen LogP contribution in [0.25, 0.3) is 0 Å². The Bertz CT molecular complexity index is 286. The van der Waals surface area contributed by atoms with E-state index in [2.05, 4.69) is 9.47 Å². The van der Waals surface area contributed by atoms with Crippen LogP contribution in [0.4, 0.5) is 0 Å². The average Bonchev–Trinajstić information content (AvgIpc) is 2.56. The number of rotatable bonds is 7. The van der Waals surface area contributed by atoms with Crippen LogP contribution in [-0.2, 0) is 33.3 Å². The third kappa shape index (κ3) is 8.96. The summed E-state index contributed by atoms with van der Waals surface area (Å²) in [5.74, 6) is 0.527. The predicted octanol–water partition coefficient (Wildman–Crippen LogP) is 1.29. The minimum atomic E-state index is -0.439. The molecule has 2 aliphatic rings. The predicted molar refractivity (Wildman–Crippen MR) is 77.1 cm³/mol. The van der Waals surface area contributed by atoms with Crippen LogP contribution in [0.5, 0.6) is 0 Å². The highest BCUT2D eigenvalue weighted by atomic mass is 16.7. The molecule has 0 saturated carbocycles. The molecule has 0 aliphatic carbocycles. The first-order valence-corrected chi connectivity index (χ1v) is 7.71. The van der Waals surface area contributed by atoms with Gasteiger partial charge in [0.05, 0.1) is 12.7 Å². The summed E-state index contributed by atoms with van der Waals surface area (Å²) in [7, 11) is 0. The topological polar surface area (TPSA) is 80.3 Å². The van der Waals surface area contributed by atoms with E-state index in [1.807, 2.05) is 0 Å². The summed E-state index contributed by atoms with van der Waals surface area (Å²) in [6.07, 6.45) is 3.54. The fraction of sp³-hybridized carbons (Fsp3) is 0.867. The standard InChI is InChI=1S/C8H14O4.C7H12O3/c1-7(11-6-9)12-8-2-4-10-5-3-8;8-6-10-5-7-1-3-9-4-2-7/h6-8H,2-5H2,1H3;6-7H,1-5H2. The van der Waals surface area contributed by atoms with Crippen molar-refractivity contribution >= 4 is 12.9 Å². The van der Waals surface area contributed by atoms with Crippen LogP contribution in [0.1, 0.15) is 32.6 Å². The summed E-state index contributed by atoms with van der Waals surface area (Å²) in [5.41, 5.74) is 0. The lowest BCUT2D eigenvalue weighted by Crippen LogP contribution is -2.28. The highest BCUT2D eigenvalue weighted by molar-refractivity contribution is 5.37. The fourth-order valence-corrected chi connectivity index (χ4v) is 2.28. The van der Waals surface area contributed by atoms with E-state index in [-0.39, 0.29) is 6.10 Å². The Balaban J connectivity index is 0.000000224. The molecule has 2 rings (SSSR count). The maximum absolute atomic E-state index is 9.93. The van der Waals surface area contributed by atoms with E-state index < -0.39 is 6.29 Å². The Morgan fingerprint density at radius 3 is 2.14 bits per heavy atom. The summed E-state index contributed by atoms with van der Waals surface area (Å²) >= 11 is 0. The third-order valence-electron chi connectivity index (χ3n) is 3.54. The maximum Gasteiger partial charge on any atom is 0.295 e. The molecule has 0 amide bonds. The Kier molecular flexibility index (Phi) is 10.6. The molecule has 1 unspecified atom stereocenters. The van der Waals surface area contributed by atoms with Gasteiger partial charge in [-0.1, -0.05) is 0 Å². The molecule has 128 valence electrons. The molecule has 0 radical (unpaired) electrons. The zero-order valence-electron chi connectivity index (χ0n) is 13.1. The lowest BCUT2D eigenvalue weighted by atomic mass is 10.0. The average molecular weight is 318 g/mol. The number of carbonyl (C=O) groups excluding carboxylic acids is 2. The smallest absolute Gasteiger partial charge is 0.295 e. The third-order valence-corrected chi connectivity index (χ3v) is 3.54. The van der Waals surface area contributed by atoms with Crippen LogP contribution in [-0.4, -0.2) is 58.4 Å². The van der Waals surface area contributed by atoms with E-state index in [0.29, 0.717) is 25.5 Å². The maximum atomic E-state index is 9.93. The minimum absolute atomic E-state index is 0.175. The van der Waals surface area contributed by atoms with Gasteiger partial charge < -0.3 is 23.7 Å². The second-order valence-corrected chi connectivity index (χ2v) is 5.23. The van der Waals surface area contributed by atoms with Crippen molar-refractivity contribution in [3.8, 4) is 0 Å².